The molecule has 1 aromatic carbocycles. The molecule has 25 heavy (non-hydrogen) atoms. The van der Waals surface area contributed by atoms with Crippen LogP contribution < -0.4 is 10.6 Å². The Balaban J connectivity index is 1.85. The van der Waals surface area contributed by atoms with Gasteiger partial charge in [-0.15, -0.1) is 0 Å². The summed E-state index contributed by atoms with van der Waals surface area (Å²) >= 11 is 0. The molecular formula is C17H23N3O5. The SMILES string of the molecule is COC(=O)C1(O)CCN(CC(=O)Nc2cccc(NC(C)=O)c2)CC1. The number of likely N-dealkylation sites (tertiary alicyclic amines) is 1. The highest BCUT2D eigenvalue weighted by molar-refractivity contribution is 5.94. The minimum absolute atomic E-state index is 0.154. The molecule has 8 nitrogen and oxygen atoms in total. The number of piperidine rings is 1. The molecule has 3 N–H and O–H groups in total. The minimum Gasteiger partial charge on any atom is -0.467 e. The largest absolute Gasteiger partial charge is 0.467 e. The number of amides is 2. The number of nitrogens with zero attached hydrogens (tertiary/aromatic N) is 1. The third kappa shape index (κ3) is 5.27. The highest BCUT2D eigenvalue weighted by Gasteiger charge is 2.40. The van der Waals surface area contributed by atoms with Gasteiger partial charge in [-0.3, -0.25) is 14.5 Å². The van der Waals surface area contributed by atoms with Gasteiger partial charge in [-0.25, -0.2) is 4.79 Å². The van der Waals surface area contributed by atoms with Crippen LogP contribution in [0.25, 0.3) is 0 Å². The zero-order chi connectivity index (χ0) is 18.4. The maximum atomic E-state index is 12.2. The van der Waals surface area contributed by atoms with Gasteiger partial charge in [0.15, 0.2) is 5.60 Å². The maximum Gasteiger partial charge on any atom is 0.337 e. The van der Waals surface area contributed by atoms with E-state index in [1.807, 2.05) is 4.90 Å². The van der Waals surface area contributed by atoms with Crippen molar-refractivity contribution < 1.29 is 24.2 Å². The monoisotopic (exact) mass is 349 g/mol. The molecule has 1 aliphatic heterocycles. The van der Waals surface area contributed by atoms with Gasteiger partial charge in [0.25, 0.3) is 0 Å². The van der Waals surface area contributed by atoms with Crippen LogP contribution in [-0.4, -0.2) is 60.1 Å². The second kappa shape index (κ2) is 8.09. The normalized spacial score (nSPS) is 16.8. The van der Waals surface area contributed by atoms with Gasteiger partial charge in [0.2, 0.25) is 11.8 Å². The van der Waals surface area contributed by atoms with Gasteiger partial charge in [-0.1, -0.05) is 6.07 Å². The molecule has 0 bridgehead atoms. The zero-order valence-electron chi connectivity index (χ0n) is 14.4. The molecule has 1 saturated heterocycles. The van der Waals surface area contributed by atoms with Crippen LogP contribution in [0.4, 0.5) is 11.4 Å². The molecule has 1 fully saturated rings. The van der Waals surface area contributed by atoms with Crippen molar-refractivity contribution in [1.82, 2.24) is 4.90 Å². The van der Waals surface area contributed by atoms with E-state index in [1.165, 1.54) is 14.0 Å². The molecule has 0 aromatic heterocycles. The Hall–Kier alpha value is -2.45. The third-order valence-electron chi connectivity index (χ3n) is 4.08. The summed E-state index contributed by atoms with van der Waals surface area (Å²) in [6, 6.07) is 6.87. The lowest BCUT2D eigenvalue weighted by molar-refractivity contribution is -0.167. The van der Waals surface area contributed by atoms with E-state index >= 15 is 0 Å². The molecule has 0 spiro atoms. The van der Waals surface area contributed by atoms with Crippen LogP contribution in [-0.2, 0) is 19.1 Å². The summed E-state index contributed by atoms with van der Waals surface area (Å²) < 4.78 is 4.61. The predicted molar refractivity (Wildman–Crippen MR) is 92.0 cm³/mol. The molecule has 1 aliphatic rings. The molecule has 136 valence electrons. The summed E-state index contributed by atoms with van der Waals surface area (Å²) in [6.45, 7) is 2.41. The molecular weight excluding hydrogens is 326 g/mol. The van der Waals surface area contributed by atoms with Gasteiger partial charge in [0.05, 0.1) is 13.7 Å². The van der Waals surface area contributed by atoms with Crippen molar-refractivity contribution in [3.8, 4) is 0 Å². The number of hydrogen-bond donors (Lipinski definition) is 3. The number of anilines is 2. The average Bonchev–Trinajstić information content (AvgIpc) is 2.56. The number of carbonyl (C=O) groups is 3. The predicted octanol–water partition coefficient (Wildman–Crippen LogP) is 0.583. The molecule has 0 atom stereocenters. The lowest BCUT2D eigenvalue weighted by atomic mass is 9.91. The van der Waals surface area contributed by atoms with E-state index in [1.54, 1.807) is 24.3 Å². The van der Waals surface area contributed by atoms with Crippen molar-refractivity contribution in [2.24, 2.45) is 0 Å². The van der Waals surface area contributed by atoms with Gasteiger partial charge in [0, 0.05) is 31.4 Å². The van der Waals surface area contributed by atoms with Crippen molar-refractivity contribution in [2.45, 2.75) is 25.4 Å². The quantitative estimate of drug-likeness (QED) is 0.671. The van der Waals surface area contributed by atoms with Crippen LogP contribution in [0.5, 0.6) is 0 Å². The molecule has 1 heterocycles. The van der Waals surface area contributed by atoms with E-state index in [-0.39, 0.29) is 31.2 Å². The van der Waals surface area contributed by atoms with Crippen molar-refractivity contribution in [3.05, 3.63) is 24.3 Å². The van der Waals surface area contributed by atoms with Gasteiger partial charge >= 0.3 is 5.97 Å². The summed E-state index contributed by atoms with van der Waals surface area (Å²) in [5, 5.41) is 15.6. The van der Waals surface area contributed by atoms with Gasteiger partial charge in [0.1, 0.15) is 0 Å². The van der Waals surface area contributed by atoms with Crippen LogP contribution in [0.2, 0.25) is 0 Å². The fourth-order valence-corrected chi connectivity index (χ4v) is 2.76. The van der Waals surface area contributed by atoms with Gasteiger partial charge in [-0.2, -0.15) is 0 Å². The van der Waals surface area contributed by atoms with Crippen molar-refractivity contribution in [3.63, 3.8) is 0 Å². The van der Waals surface area contributed by atoms with Crippen molar-refractivity contribution >= 4 is 29.2 Å². The number of ether oxygens (including phenoxy) is 1. The summed E-state index contributed by atoms with van der Waals surface area (Å²) in [5.74, 6) is -1.02. The summed E-state index contributed by atoms with van der Waals surface area (Å²) in [5.41, 5.74) is -0.278. The Kier molecular flexibility index (Phi) is 6.11. The van der Waals surface area contributed by atoms with Crippen LogP contribution in [0.3, 0.4) is 0 Å². The van der Waals surface area contributed by atoms with Gasteiger partial charge in [-0.05, 0) is 31.0 Å². The molecule has 0 unspecified atom stereocenters. The number of rotatable bonds is 5. The number of benzene rings is 1. The Morgan fingerprint density at radius 1 is 1.20 bits per heavy atom. The lowest BCUT2D eigenvalue weighted by Crippen LogP contribution is -2.51. The van der Waals surface area contributed by atoms with Crippen LogP contribution in [0, 0.1) is 0 Å². The minimum atomic E-state index is -1.46. The number of carbonyl (C=O) groups excluding carboxylic acids is 3. The molecule has 1 aromatic rings. The number of hydrogen-bond acceptors (Lipinski definition) is 6. The fourth-order valence-electron chi connectivity index (χ4n) is 2.76. The number of aliphatic hydroxyl groups is 1. The Bertz CT molecular complexity index is 653. The smallest absolute Gasteiger partial charge is 0.337 e. The van der Waals surface area contributed by atoms with E-state index in [0.29, 0.717) is 24.5 Å². The van der Waals surface area contributed by atoms with E-state index in [4.69, 9.17) is 0 Å². The average molecular weight is 349 g/mol. The molecule has 0 aliphatic carbocycles. The fraction of sp³-hybridized carbons (Fsp3) is 0.471. The first kappa shape index (κ1) is 18.9. The summed E-state index contributed by atoms with van der Waals surface area (Å²) in [7, 11) is 1.25. The number of nitrogens with one attached hydrogen (secondary N) is 2. The number of esters is 1. The third-order valence-corrected chi connectivity index (χ3v) is 4.08. The first-order chi connectivity index (χ1) is 11.8. The topological polar surface area (TPSA) is 108 Å². The van der Waals surface area contributed by atoms with Crippen molar-refractivity contribution in [2.75, 3.05) is 37.4 Å². The summed E-state index contributed by atoms with van der Waals surface area (Å²) in [4.78, 5) is 36.7. The van der Waals surface area contributed by atoms with E-state index < -0.39 is 11.6 Å². The summed E-state index contributed by atoms with van der Waals surface area (Å²) in [6.07, 6.45) is 0.454. The first-order valence-electron chi connectivity index (χ1n) is 8.03. The molecule has 0 saturated carbocycles. The number of methoxy groups -OCH3 is 1. The second-order valence-corrected chi connectivity index (χ2v) is 6.11. The Morgan fingerprint density at radius 3 is 2.36 bits per heavy atom. The highest BCUT2D eigenvalue weighted by atomic mass is 16.5. The molecule has 2 amide bonds. The second-order valence-electron chi connectivity index (χ2n) is 6.11. The van der Waals surface area contributed by atoms with Crippen molar-refractivity contribution in [1.29, 1.82) is 0 Å². The standard InChI is InChI=1S/C17H23N3O5/c1-12(21)18-13-4-3-5-14(10-13)19-15(22)11-20-8-6-17(24,7-9-20)16(23)25-2/h3-5,10,24H,6-9,11H2,1-2H3,(H,18,21)(H,19,22). The molecule has 2 rings (SSSR count). The molecule has 8 heteroatoms. The van der Waals surface area contributed by atoms with Crippen LogP contribution in [0.1, 0.15) is 19.8 Å². The van der Waals surface area contributed by atoms with E-state index in [2.05, 4.69) is 15.4 Å². The first-order valence-corrected chi connectivity index (χ1v) is 8.03. The molecule has 0 radical (unpaired) electrons. The van der Waals surface area contributed by atoms with E-state index in [0.717, 1.165) is 0 Å². The van der Waals surface area contributed by atoms with E-state index in [9.17, 15) is 19.5 Å². The van der Waals surface area contributed by atoms with Crippen LogP contribution >= 0.6 is 0 Å². The van der Waals surface area contributed by atoms with Crippen LogP contribution in [0.15, 0.2) is 24.3 Å². The highest BCUT2D eigenvalue weighted by Crippen LogP contribution is 2.23. The zero-order valence-corrected chi connectivity index (χ0v) is 14.4. The lowest BCUT2D eigenvalue weighted by Gasteiger charge is -2.35. The Morgan fingerprint density at radius 2 is 1.80 bits per heavy atom. The Labute approximate surface area is 146 Å². The maximum absolute atomic E-state index is 12.2. The van der Waals surface area contributed by atoms with Gasteiger partial charge < -0.3 is 20.5 Å².